The average molecular weight is 627 g/mol. The van der Waals surface area contributed by atoms with E-state index in [1.165, 1.54) is 120 Å². The van der Waals surface area contributed by atoms with Crippen LogP contribution in [-0.2, 0) is 23.0 Å². The number of unbranched alkanes of at least 4 members (excludes halogenated alkanes) is 18. The molecule has 0 saturated heterocycles. The molecule has 0 amide bonds. The first-order chi connectivity index (χ1) is 21.6. The standard InChI is InChI=1S/C40H67O3P/c1-4-7-10-13-16-19-22-29-36-31-24-26-33-38(36)40(43-44(41)42,35-28-21-18-15-12-9-6-3)39-34-27-25-32-37(39)30-23-20-17-14-11-8-5-2/h24-27,31-34,41-42H,4-23,28-30,35H2,1-3H3. The summed E-state index contributed by atoms with van der Waals surface area (Å²) in [5, 5.41) is 0. The second kappa shape index (κ2) is 24.9. The van der Waals surface area contributed by atoms with E-state index in [2.05, 4.69) is 69.3 Å². The van der Waals surface area contributed by atoms with Gasteiger partial charge in [0.25, 0.3) is 0 Å². The summed E-state index contributed by atoms with van der Waals surface area (Å²) in [6.45, 7) is 6.81. The molecule has 0 atom stereocenters. The zero-order valence-electron chi connectivity index (χ0n) is 28.8. The average Bonchev–Trinajstić information content (AvgIpc) is 3.03. The lowest BCUT2D eigenvalue weighted by Gasteiger charge is -2.38. The van der Waals surface area contributed by atoms with Gasteiger partial charge in [-0.2, -0.15) is 0 Å². The second-order valence-corrected chi connectivity index (χ2v) is 13.8. The molecule has 0 saturated carbocycles. The summed E-state index contributed by atoms with van der Waals surface area (Å²) < 4.78 is 6.46. The molecule has 0 aliphatic rings. The van der Waals surface area contributed by atoms with Crippen molar-refractivity contribution in [3.63, 3.8) is 0 Å². The SMILES string of the molecule is CCCCCCCCCc1ccccc1C(CCCCCCCCC)(OP(O)O)c1ccccc1CCCCCCCCC. The Morgan fingerprint density at radius 2 is 0.818 bits per heavy atom. The van der Waals surface area contributed by atoms with Gasteiger partial charge in [0.05, 0.1) is 0 Å². The van der Waals surface area contributed by atoms with E-state index in [0.717, 1.165) is 56.1 Å². The van der Waals surface area contributed by atoms with E-state index >= 15 is 0 Å². The summed E-state index contributed by atoms with van der Waals surface area (Å²) in [4.78, 5) is 21.0. The molecule has 0 unspecified atom stereocenters. The fourth-order valence-corrected chi connectivity index (χ4v) is 7.41. The Labute approximate surface area is 273 Å². The van der Waals surface area contributed by atoms with Gasteiger partial charge in [0, 0.05) is 0 Å². The molecule has 4 heteroatoms. The Kier molecular flexibility index (Phi) is 22.0. The lowest BCUT2D eigenvalue weighted by molar-refractivity contribution is 0.0773. The first-order valence-corrected chi connectivity index (χ1v) is 19.8. The van der Waals surface area contributed by atoms with Gasteiger partial charge in [-0.25, -0.2) is 0 Å². The quantitative estimate of drug-likeness (QED) is 0.0730. The molecule has 0 aliphatic heterocycles. The van der Waals surface area contributed by atoms with Crippen molar-refractivity contribution in [3.05, 3.63) is 70.8 Å². The first-order valence-electron chi connectivity index (χ1n) is 18.6. The van der Waals surface area contributed by atoms with Crippen LogP contribution in [-0.4, -0.2) is 9.79 Å². The maximum atomic E-state index is 10.5. The number of benzene rings is 2. The molecule has 2 rings (SSSR count). The van der Waals surface area contributed by atoms with E-state index in [1.807, 2.05) is 0 Å². The van der Waals surface area contributed by atoms with E-state index in [4.69, 9.17) is 4.52 Å². The molecule has 0 radical (unpaired) electrons. The van der Waals surface area contributed by atoms with E-state index < -0.39 is 14.2 Å². The second-order valence-electron chi connectivity index (χ2n) is 13.1. The van der Waals surface area contributed by atoms with Gasteiger partial charge in [0.2, 0.25) is 0 Å². The monoisotopic (exact) mass is 626 g/mol. The molecule has 2 aromatic rings. The topological polar surface area (TPSA) is 49.7 Å². The molecule has 2 N–H and O–H groups in total. The molecule has 2 aromatic carbocycles. The van der Waals surface area contributed by atoms with Gasteiger partial charge in [-0.05, 0) is 60.8 Å². The fraction of sp³-hybridized carbons (Fsp3) is 0.700. The van der Waals surface area contributed by atoms with Crippen LogP contribution in [0.2, 0.25) is 0 Å². The Balaban J connectivity index is 2.34. The van der Waals surface area contributed by atoms with Crippen molar-refractivity contribution in [2.75, 3.05) is 0 Å². The van der Waals surface area contributed by atoms with Crippen LogP contribution in [0.1, 0.15) is 184 Å². The molecular formula is C40H67O3P. The molecule has 0 aromatic heterocycles. The lowest BCUT2D eigenvalue weighted by Crippen LogP contribution is -2.32. The van der Waals surface area contributed by atoms with Crippen LogP contribution >= 0.6 is 8.60 Å². The number of hydrogen-bond donors (Lipinski definition) is 2. The highest BCUT2D eigenvalue weighted by Gasteiger charge is 2.40. The molecule has 250 valence electrons. The van der Waals surface area contributed by atoms with Crippen LogP contribution in [0.5, 0.6) is 0 Å². The Hall–Kier alpha value is -1.25. The summed E-state index contributed by atoms with van der Waals surface area (Å²) in [5.41, 5.74) is 4.02. The van der Waals surface area contributed by atoms with Gasteiger partial charge in [-0.1, -0.05) is 185 Å². The highest BCUT2D eigenvalue weighted by Crippen LogP contribution is 2.49. The highest BCUT2D eigenvalue weighted by molar-refractivity contribution is 7.39. The van der Waals surface area contributed by atoms with Crippen LogP contribution in [0.4, 0.5) is 0 Å². The zero-order chi connectivity index (χ0) is 31.7. The largest absolute Gasteiger partial charge is 0.328 e. The molecule has 44 heavy (non-hydrogen) atoms. The predicted octanol–water partition coefficient (Wildman–Crippen LogP) is 12.9. The van der Waals surface area contributed by atoms with Crippen LogP contribution < -0.4 is 0 Å². The van der Waals surface area contributed by atoms with Crippen molar-refractivity contribution in [1.29, 1.82) is 0 Å². The summed E-state index contributed by atoms with van der Waals surface area (Å²) in [6, 6.07) is 17.4. The van der Waals surface area contributed by atoms with Crippen LogP contribution in [0.25, 0.3) is 0 Å². The van der Waals surface area contributed by atoms with Crippen molar-refractivity contribution in [2.45, 2.75) is 180 Å². The van der Waals surface area contributed by atoms with E-state index in [9.17, 15) is 9.79 Å². The number of rotatable bonds is 28. The molecule has 0 aliphatic carbocycles. The van der Waals surface area contributed by atoms with E-state index in [-0.39, 0.29) is 0 Å². The van der Waals surface area contributed by atoms with Gasteiger partial charge < -0.3 is 9.79 Å². The Morgan fingerprint density at radius 1 is 0.477 bits per heavy atom. The zero-order valence-corrected chi connectivity index (χ0v) is 29.7. The number of aryl methyl sites for hydroxylation is 2. The molecule has 0 spiro atoms. The van der Waals surface area contributed by atoms with Gasteiger partial charge in [-0.3, -0.25) is 4.52 Å². The minimum atomic E-state index is -2.54. The summed E-state index contributed by atoms with van der Waals surface area (Å²) >= 11 is 0. The minimum Gasteiger partial charge on any atom is -0.328 e. The third-order valence-electron chi connectivity index (χ3n) is 9.37. The van der Waals surface area contributed by atoms with Gasteiger partial charge in [0.1, 0.15) is 5.60 Å². The molecule has 3 nitrogen and oxygen atoms in total. The van der Waals surface area contributed by atoms with Crippen LogP contribution in [0.3, 0.4) is 0 Å². The normalized spacial score (nSPS) is 12.0. The molecular weight excluding hydrogens is 559 g/mol. The third kappa shape index (κ3) is 14.9. The predicted molar refractivity (Wildman–Crippen MR) is 192 cm³/mol. The van der Waals surface area contributed by atoms with E-state index in [1.54, 1.807) is 0 Å². The van der Waals surface area contributed by atoms with Crippen LogP contribution in [0.15, 0.2) is 48.5 Å². The smallest absolute Gasteiger partial charge is 0.328 e. The fourth-order valence-electron chi connectivity index (χ4n) is 6.84. The Bertz CT molecular complexity index is 898. The van der Waals surface area contributed by atoms with Gasteiger partial charge >= 0.3 is 8.60 Å². The number of hydrogen-bond acceptors (Lipinski definition) is 3. The van der Waals surface area contributed by atoms with Gasteiger partial charge in [0.15, 0.2) is 0 Å². The maximum absolute atomic E-state index is 10.5. The van der Waals surface area contributed by atoms with E-state index in [0.29, 0.717) is 0 Å². The van der Waals surface area contributed by atoms with Crippen molar-refractivity contribution in [2.24, 2.45) is 0 Å². The van der Waals surface area contributed by atoms with Gasteiger partial charge in [-0.15, -0.1) is 0 Å². The maximum Gasteiger partial charge on any atom is 0.328 e. The van der Waals surface area contributed by atoms with Crippen LogP contribution in [0, 0.1) is 0 Å². The molecule has 0 fully saturated rings. The molecule has 0 heterocycles. The third-order valence-corrected chi connectivity index (χ3v) is 9.85. The van der Waals surface area contributed by atoms with Crippen molar-refractivity contribution in [3.8, 4) is 0 Å². The summed E-state index contributed by atoms with van der Waals surface area (Å²) in [7, 11) is -2.54. The van der Waals surface area contributed by atoms with Crippen molar-refractivity contribution < 1.29 is 14.3 Å². The molecule has 0 bridgehead atoms. The Morgan fingerprint density at radius 3 is 1.20 bits per heavy atom. The van der Waals surface area contributed by atoms with Crippen molar-refractivity contribution in [1.82, 2.24) is 0 Å². The van der Waals surface area contributed by atoms with Crippen molar-refractivity contribution >= 4 is 8.60 Å². The first kappa shape index (κ1) is 38.9. The highest BCUT2D eigenvalue weighted by atomic mass is 31.2. The lowest BCUT2D eigenvalue weighted by atomic mass is 9.76. The minimum absolute atomic E-state index is 0.767. The summed E-state index contributed by atoms with van der Waals surface area (Å²) in [6.07, 6.45) is 29.3. The summed E-state index contributed by atoms with van der Waals surface area (Å²) in [5.74, 6) is 0.